The van der Waals surface area contributed by atoms with Crippen LogP contribution in [0.25, 0.3) is 0 Å². The highest BCUT2D eigenvalue weighted by molar-refractivity contribution is 7.80. The van der Waals surface area contributed by atoms with Crippen LogP contribution in [0.5, 0.6) is 0 Å². The number of anilines is 1. The van der Waals surface area contributed by atoms with Crippen molar-refractivity contribution in [1.82, 2.24) is 5.32 Å². The van der Waals surface area contributed by atoms with Gasteiger partial charge >= 0.3 is 0 Å². The predicted octanol–water partition coefficient (Wildman–Crippen LogP) is 0.637. The Hall–Kier alpha value is -1.54. The summed E-state index contributed by atoms with van der Waals surface area (Å²) in [6, 6.07) is 9.79. The van der Waals surface area contributed by atoms with Gasteiger partial charge in [-0.2, -0.15) is 0 Å². The summed E-state index contributed by atoms with van der Waals surface area (Å²) in [5.41, 5.74) is 1.31. The second kappa shape index (κ2) is 8.90. The largest absolute Gasteiger partial charge is 0.356 e. The molecule has 1 aromatic heterocycles. The van der Waals surface area contributed by atoms with Crippen molar-refractivity contribution in [2.75, 3.05) is 45.1 Å². The van der Waals surface area contributed by atoms with Gasteiger partial charge in [-0.1, -0.05) is 12.1 Å². The van der Waals surface area contributed by atoms with Gasteiger partial charge in [0.05, 0.1) is 18.5 Å². The molecule has 0 aliphatic carbocycles. The molecule has 1 fully saturated rings. The summed E-state index contributed by atoms with van der Waals surface area (Å²) in [7, 11) is 2.26. The van der Waals surface area contributed by atoms with Crippen LogP contribution in [0.3, 0.4) is 0 Å². The number of quaternary nitrogens is 2. The first-order valence-corrected chi connectivity index (χ1v) is 10.3. The van der Waals surface area contributed by atoms with E-state index in [0.29, 0.717) is 22.4 Å². The summed E-state index contributed by atoms with van der Waals surface area (Å²) in [5.74, 6) is -0.223. The van der Waals surface area contributed by atoms with Crippen LogP contribution in [-0.2, 0) is 0 Å². The molecule has 2 heterocycles. The first-order chi connectivity index (χ1) is 12.5. The number of nitrogens with one attached hydrogen (secondary N) is 4. The molecule has 3 rings (SSSR count). The summed E-state index contributed by atoms with van der Waals surface area (Å²) in [6.45, 7) is 7.25. The maximum absolute atomic E-state index is 13.7. The fourth-order valence-corrected chi connectivity index (χ4v) is 4.41. The van der Waals surface area contributed by atoms with E-state index in [2.05, 4.69) is 35.2 Å². The quantitative estimate of drug-likeness (QED) is 0.562. The molecule has 4 nitrogen and oxygen atoms in total. The van der Waals surface area contributed by atoms with Crippen LogP contribution < -0.4 is 20.4 Å². The van der Waals surface area contributed by atoms with Crippen LogP contribution in [0.4, 0.5) is 10.1 Å². The second-order valence-corrected chi connectivity index (χ2v) is 8.37. The normalized spacial score (nSPS) is 21.2. The molecular formula is C19H27FN4S2+2. The van der Waals surface area contributed by atoms with Crippen LogP contribution >= 0.6 is 23.6 Å². The number of hydrogen-bond acceptors (Lipinski definition) is 2. The maximum atomic E-state index is 13.7. The first-order valence-electron chi connectivity index (χ1n) is 9.03. The van der Waals surface area contributed by atoms with Crippen molar-refractivity contribution in [2.45, 2.75) is 13.0 Å². The minimum atomic E-state index is -0.223. The third-order valence-corrected chi connectivity index (χ3v) is 6.25. The van der Waals surface area contributed by atoms with Crippen molar-refractivity contribution in [3.05, 3.63) is 52.0 Å². The highest BCUT2D eigenvalue weighted by atomic mass is 32.1. The Morgan fingerprint density at radius 1 is 1.27 bits per heavy atom. The zero-order valence-corrected chi connectivity index (χ0v) is 16.9. The minimum Gasteiger partial charge on any atom is -0.356 e. The molecule has 140 valence electrons. The van der Waals surface area contributed by atoms with E-state index >= 15 is 0 Å². The fraction of sp³-hybridized carbons (Fsp3) is 0.421. The minimum absolute atomic E-state index is 0.223. The molecule has 1 aliphatic heterocycles. The molecule has 1 aromatic carbocycles. The molecule has 1 aliphatic rings. The SMILES string of the molecule is Cc1ccc(NC(=S)NC[C@H](c2cccs2)[NH+]2CC[NH+](C)CC2)cc1F. The third-order valence-electron chi connectivity index (χ3n) is 5.02. The number of thiophene rings is 1. The van der Waals surface area contributed by atoms with Gasteiger partial charge in [-0.3, -0.25) is 0 Å². The number of benzene rings is 1. The van der Waals surface area contributed by atoms with Crippen molar-refractivity contribution in [3.8, 4) is 0 Å². The van der Waals surface area contributed by atoms with E-state index in [4.69, 9.17) is 12.2 Å². The Bertz CT molecular complexity index is 727. The van der Waals surface area contributed by atoms with Crippen LogP contribution in [0.15, 0.2) is 35.7 Å². The number of aryl methyl sites for hydroxylation is 1. The number of halogens is 1. The van der Waals surface area contributed by atoms with E-state index in [9.17, 15) is 4.39 Å². The molecule has 4 N–H and O–H groups in total. The predicted molar refractivity (Wildman–Crippen MR) is 110 cm³/mol. The summed E-state index contributed by atoms with van der Waals surface area (Å²) < 4.78 is 13.7. The molecular weight excluding hydrogens is 367 g/mol. The molecule has 0 bridgehead atoms. The van der Waals surface area contributed by atoms with E-state index in [1.165, 1.54) is 37.1 Å². The molecule has 0 amide bonds. The Morgan fingerprint density at radius 2 is 2.04 bits per heavy atom. The Balaban J connectivity index is 1.60. The summed E-state index contributed by atoms with van der Waals surface area (Å²) in [6.07, 6.45) is 0. The smallest absolute Gasteiger partial charge is 0.171 e. The van der Waals surface area contributed by atoms with Crippen molar-refractivity contribution in [2.24, 2.45) is 0 Å². The first kappa shape index (κ1) is 19.2. The molecule has 0 spiro atoms. The van der Waals surface area contributed by atoms with Gasteiger partial charge in [-0.15, -0.1) is 11.3 Å². The van der Waals surface area contributed by atoms with Crippen molar-refractivity contribution < 1.29 is 14.2 Å². The van der Waals surface area contributed by atoms with E-state index < -0.39 is 0 Å². The average molecular weight is 395 g/mol. The molecule has 0 saturated carbocycles. The standard InChI is InChI=1S/C19H25FN4S2/c1-14-5-6-15(12-16(14)20)22-19(25)21-13-17(18-4-3-11-26-18)24-9-7-23(2)8-10-24/h3-6,11-12,17H,7-10,13H2,1-2H3,(H2,21,22,25)/p+2/t17-/m1/s1. The van der Waals surface area contributed by atoms with Gasteiger partial charge in [0.1, 0.15) is 38.0 Å². The lowest BCUT2D eigenvalue weighted by Gasteiger charge is -2.33. The van der Waals surface area contributed by atoms with E-state index in [0.717, 1.165) is 6.54 Å². The van der Waals surface area contributed by atoms with Crippen LogP contribution in [0.1, 0.15) is 16.5 Å². The van der Waals surface area contributed by atoms with Gasteiger partial charge < -0.3 is 20.4 Å². The Labute approximate surface area is 164 Å². The summed E-state index contributed by atoms with van der Waals surface area (Å²) >= 11 is 7.23. The number of thiocarbonyl (C=S) groups is 1. The number of likely N-dealkylation sites (N-methyl/N-ethyl adjacent to an activating group) is 1. The van der Waals surface area contributed by atoms with E-state index in [1.807, 2.05) is 6.07 Å². The van der Waals surface area contributed by atoms with Crippen LogP contribution in [0.2, 0.25) is 0 Å². The van der Waals surface area contributed by atoms with Gasteiger partial charge in [0.25, 0.3) is 0 Å². The van der Waals surface area contributed by atoms with Crippen LogP contribution in [-0.4, -0.2) is 44.9 Å². The van der Waals surface area contributed by atoms with Gasteiger partial charge in [-0.05, 0) is 48.3 Å². The molecule has 7 heteroatoms. The highest BCUT2D eigenvalue weighted by Crippen LogP contribution is 2.16. The Kier molecular flexibility index (Phi) is 6.58. The zero-order chi connectivity index (χ0) is 18.5. The van der Waals surface area contributed by atoms with Crippen molar-refractivity contribution in [1.29, 1.82) is 0 Å². The van der Waals surface area contributed by atoms with Crippen LogP contribution in [0, 0.1) is 12.7 Å². The zero-order valence-electron chi connectivity index (χ0n) is 15.3. The second-order valence-electron chi connectivity index (χ2n) is 6.98. The summed E-state index contributed by atoms with van der Waals surface area (Å²) in [5, 5.41) is 9.10. The molecule has 2 aromatic rings. The maximum Gasteiger partial charge on any atom is 0.171 e. The molecule has 26 heavy (non-hydrogen) atoms. The van der Waals surface area contributed by atoms with Gasteiger partial charge in [0.2, 0.25) is 0 Å². The summed E-state index contributed by atoms with van der Waals surface area (Å²) in [4.78, 5) is 4.59. The number of rotatable bonds is 5. The monoisotopic (exact) mass is 394 g/mol. The van der Waals surface area contributed by atoms with Gasteiger partial charge in [0.15, 0.2) is 5.11 Å². The van der Waals surface area contributed by atoms with E-state index in [-0.39, 0.29) is 5.82 Å². The Morgan fingerprint density at radius 3 is 2.69 bits per heavy atom. The molecule has 1 atom stereocenters. The van der Waals surface area contributed by atoms with Crippen molar-refractivity contribution >= 4 is 34.4 Å². The van der Waals surface area contributed by atoms with Gasteiger partial charge in [-0.25, -0.2) is 4.39 Å². The lowest BCUT2D eigenvalue weighted by atomic mass is 10.1. The molecule has 0 radical (unpaired) electrons. The lowest BCUT2D eigenvalue weighted by molar-refractivity contribution is -1.02. The average Bonchev–Trinajstić information content (AvgIpc) is 3.14. The molecule has 0 unspecified atom stereocenters. The topological polar surface area (TPSA) is 32.9 Å². The van der Waals surface area contributed by atoms with E-state index in [1.54, 1.807) is 34.1 Å². The lowest BCUT2D eigenvalue weighted by Crippen LogP contribution is -3.27. The molecule has 1 saturated heterocycles. The number of piperazine rings is 1. The fourth-order valence-electron chi connectivity index (χ4n) is 3.32. The number of hydrogen-bond donors (Lipinski definition) is 4. The van der Waals surface area contributed by atoms with Crippen molar-refractivity contribution in [3.63, 3.8) is 0 Å². The van der Waals surface area contributed by atoms with Gasteiger partial charge in [0, 0.05) is 5.69 Å². The highest BCUT2D eigenvalue weighted by Gasteiger charge is 2.29. The third kappa shape index (κ3) is 5.01.